The molecule has 114 valence electrons. The number of benzene rings is 2. The molecule has 0 spiro atoms. The fourth-order valence-corrected chi connectivity index (χ4v) is 13.2. The molecule has 0 aromatic heterocycles. The van der Waals surface area contributed by atoms with Crippen molar-refractivity contribution in [2.24, 2.45) is 0 Å². The number of methoxy groups -OCH3 is 2. The zero-order valence-corrected chi connectivity index (χ0v) is 17.5. The second-order valence-electron chi connectivity index (χ2n) is 4.68. The maximum atomic E-state index is 5.20. The molecule has 0 unspecified atom stereocenters. The number of hydrogen-bond acceptors (Lipinski definition) is 2. The normalized spacial score (nSPS) is 12.0. The van der Waals surface area contributed by atoms with E-state index in [0.29, 0.717) is 0 Å². The van der Waals surface area contributed by atoms with Crippen molar-refractivity contribution in [3.63, 3.8) is 0 Å². The van der Waals surface area contributed by atoms with Crippen LogP contribution < -0.4 is 9.47 Å². The van der Waals surface area contributed by atoms with Gasteiger partial charge >= 0.3 is 143 Å². The van der Waals surface area contributed by atoms with Crippen LogP contribution in [0.4, 0.5) is 0 Å². The predicted molar refractivity (Wildman–Crippen MR) is 97.0 cm³/mol. The van der Waals surface area contributed by atoms with Crippen molar-refractivity contribution < 1.29 is 9.47 Å². The van der Waals surface area contributed by atoms with Crippen LogP contribution in [0.15, 0.2) is 48.5 Å². The van der Waals surface area contributed by atoms with Crippen molar-refractivity contribution in [2.45, 2.75) is 8.94 Å². The summed E-state index contributed by atoms with van der Waals surface area (Å²) in [7, 11) is 3.38. The quantitative estimate of drug-likeness (QED) is 0.501. The third-order valence-electron chi connectivity index (χ3n) is 3.07. The summed E-state index contributed by atoms with van der Waals surface area (Å²) in [6.07, 6.45) is 0. The average molecular weight is 530 g/mol. The minimum absolute atomic E-state index is 0.899. The van der Waals surface area contributed by atoms with Crippen LogP contribution in [0.1, 0.15) is 11.1 Å². The second kappa shape index (κ2) is 7.87. The van der Waals surface area contributed by atoms with E-state index in [-0.39, 0.29) is 0 Å². The van der Waals surface area contributed by atoms with E-state index in [1.165, 1.54) is 11.1 Å². The molecule has 2 aromatic carbocycles. The zero-order valence-electron chi connectivity index (χ0n) is 12.0. The van der Waals surface area contributed by atoms with Crippen molar-refractivity contribution in [1.29, 1.82) is 0 Å². The first-order chi connectivity index (χ1) is 10.0. The van der Waals surface area contributed by atoms with Gasteiger partial charge in [-0.1, -0.05) is 0 Å². The van der Waals surface area contributed by atoms with E-state index >= 15 is 0 Å². The average Bonchev–Trinajstić information content (AvgIpc) is 2.48. The summed E-state index contributed by atoms with van der Waals surface area (Å²) < 4.78 is 12.5. The molecule has 0 saturated heterocycles. The second-order valence-corrected chi connectivity index (χ2v) is 32.8. The van der Waals surface area contributed by atoms with Crippen LogP contribution in [-0.4, -0.2) is 28.0 Å². The SMILES string of the molecule is COc1ccc(C[Te](Br)(Br)Cc2ccc(OC)cc2)cc1. The third kappa shape index (κ3) is 5.49. The van der Waals surface area contributed by atoms with Crippen LogP contribution in [0.25, 0.3) is 0 Å². The summed E-state index contributed by atoms with van der Waals surface area (Å²) in [6.45, 7) is 0. The van der Waals surface area contributed by atoms with E-state index in [1.807, 2.05) is 24.3 Å². The Morgan fingerprint density at radius 3 is 1.33 bits per heavy atom. The van der Waals surface area contributed by atoms with Gasteiger partial charge in [0.25, 0.3) is 0 Å². The van der Waals surface area contributed by atoms with Crippen molar-refractivity contribution in [3.8, 4) is 11.5 Å². The van der Waals surface area contributed by atoms with Gasteiger partial charge in [0.15, 0.2) is 0 Å². The molecule has 21 heavy (non-hydrogen) atoms. The van der Waals surface area contributed by atoms with Gasteiger partial charge in [-0.15, -0.1) is 0 Å². The molecule has 5 heteroatoms. The van der Waals surface area contributed by atoms with E-state index in [2.05, 4.69) is 49.8 Å². The fraction of sp³-hybridized carbons (Fsp3) is 0.250. The Kier molecular flexibility index (Phi) is 6.43. The summed E-state index contributed by atoms with van der Waals surface area (Å²) in [5.41, 5.74) is 2.67. The molecule has 0 heterocycles. The first-order valence-electron chi connectivity index (χ1n) is 6.46. The van der Waals surface area contributed by atoms with Crippen molar-refractivity contribution in [3.05, 3.63) is 59.7 Å². The summed E-state index contributed by atoms with van der Waals surface area (Å²) in [4.78, 5) is 0. The van der Waals surface area contributed by atoms with E-state index in [9.17, 15) is 0 Å². The van der Waals surface area contributed by atoms with Crippen LogP contribution in [-0.2, 0) is 8.94 Å². The summed E-state index contributed by atoms with van der Waals surface area (Å²) >= 11 is 5.68. The molecule has 0 fully saturated rings. The van der Waals surface area contributed by atoms with Crippen molar-refractivity contribution in [2.75, 3.05) is 14.2 Å². The molecular formula is C16H18Br2O2Te. The first kappa shape index (κ1) is 17.1. The molecule has 0 N–H and O–H groups in total. The van der Waals surface area contributed by atoms with Crippen LogP contribution in [0.5, 0.6) is 11.5 Å². The van der Waals surface area contributed by atoms with E-state index in [4.69, 9.17) is 9.47 Å². The molecule has 0 bridgehead atoms. The summed E-state index contributed by atoms with van der Waals surface area (Å²) in [6, 6.07) is 16.6. The van der Waals surface area contributed by atoms with Crippen molar-refractivity contribution >= 4 is 39.3 Å². The summed E-state index contributed by atoms with van der Waals surface area (Å²) in [5, 5.41) is 0. The Hall–Kier alpha value is -0.210. The Labute approximate surface area is 142 Å². The molecule has 0 aliphatic rings. The molecule has 0 radical (unpaired) electrons. The van der Waals surface area contributed by atoms with Gasteiger partial charge in [0.1, 0.15) is 0 Å². The molecule has 0 saturated carbocycles. The molecular weight excluding hydrogens is 512 g/mol. The van der Waals surface area contributed by atoms with Crippen LogP contribution in [0, 0.1) is 0 Å². The molecule has 2 rings (SSSR count). The molecule has 0 atom stereocenters. The van der Waals surface area contributed by atoms with E-state index in [0.717, 1.165) is 20.4 Å². The standard InChI is InChI=1S/C16H18Br2O2Te/c1-19-15-7-3-13(4-8-15)11-21(17,18)12-14-5-9-16(20-2)10-6-14/h3-10H,11-12H2,1-2H3. The van der Waals surface area contributed by atoms with E-state index < -0.39 is 13.8 Å². The third-order valence-corrected chi connectivity index (χ3v) is 13.5. The maximum absolute atomic E-state index is 5.20. The van der Waals surface area contributed by atoms with Gasteiger partial charge in [-0.25, -0.2) is 0 Å². The van der Waals surface area contributed by atoms with Crippen molar-refractivity contribution in [1.82, 2.24) is 0 Å². The molecule has 0 aliphatic heterocycles. The number of hydrogen-bond donors (Lipinski definition) is 0. The van der Waals surface area contributed by atoms with Gasteiger partial charge in [-0.3, -0.25) is 0 Å². The first-order valence-corrected chi connectivity index (χ1v) is 20.2. The predicted octanol–water partition coefficient (Wildman–Crippen LogP) is 4.80. The fourth-order valence-electron chi connectivity index (χ4n) is 1.98. The topological polar surface area (TPSA) is 18.5 Å². The Morgan fingerprint density at radius 2 is 1.05 bits per heavy atom. The van der Waals surface area contributed by atoms with Gasteiger partial charge in [0.2, 0.25) is 0 Å². The molecule has 0 aliphatic carbocycles. The number of rotatable bonds is 6. The Bertz CT molecular complexity index is 516. The monoisotopic (exact) mass is 530 g/mol. The number of ether oxygens (including phenoxy) is 2. The summed E-state index contributed by atoms with van der Waals surface area (Å²) in [5.74, 6) is 1.80. The molecule has 0 amide bonds. The molecule has 2 aromatic rings. The van der Waals surface area contributed by atoms with Gasteiger partial charge in [0, 0.05) is 0 Å². The minimum atomic E-state index is -2.26. The van der Waals surface area contributed by atoms with Gasteiger partial charge in [0.05, 0.1) is 0 Å². The number of halogens is 2. The van der Waals surface area contributed by atoms with Gasteiger partial charge in [-0.05, 0) is 0 Å². The molecule has 2 nitrogen and oxygen atoms in total. The van der Waals surface area contributed by atoms with Crippen LogP contribution in [0.3, 0.4) is 0 Å². The van der Waals surface area contributed by atoms with Gasteiger partial charge in [-0.2, -0.15) is 0 Å². The van der Waals surface area contributed by atoms with Gasteiger partial charge < -0.3 is 0 Å². The van der Waals surface area contributed by atoms with E-state index in [1.54, 1.807) is 14.2 Å². The Morgan fingerprint density at radius 1 is 0.714 bits per heavy atom. The zero-order chi connectivity index (χ0) is 15.3. The van der Waals surface area contributed by atoms with Crippen LogP contribution in [0.2, 0.25) is 0 Å². The van der Waals surface area contributed by atoms with Crippen LogP contribution >= 0.6 is 25.5 Å². The Balaban J connectivity index is 2.02.